The second-order valence-corrected chi connectivity index (χ2v) is 8.31. The topological polar surface area (TPSA) is 51.1 Å². The SMILES string of the molecule is Cn1c2c(cc(C(=O)NC(C)(C)Cc3ccccc3)c1=O)CCCCCC2. The molecule has 0 aliphatic heterocycles. The third-order valence-electron chi connectivity index (χ3n) is 5.42. The molecule has 4 nitrogen and oxygen atoms in total. The molecule has 0 atom stereocenters. The van der Waals surface area contributed by atoms with Gasteiger partial charge in [-0.05, 0) is 63.1 Å². The molecule has 0 unspecified atom stereocenters. The average molecular weight is 367 g/mol. The number of benzene rings is 1. The fourth-order valence-corrected chi connectivity index (χ4v) is 4.03. The maximum Gasteiger partial charge on any atom is 0.263 e. The number of hydrogen-bond acceptors (Lipinski definition) is 2. The Balaban J connectivity index is 1.85. The molecule has 4 heteroatoms. The number of fused-ring (bicyclic) bond motifs is 1. The molecule has 1 aliphatic rings. The van der Waals surface area contributed by atoms with Crippen LogP contribution in [0.3, 0.4) is 0 Å². The molecular formula is C23H30N2O2. The van der Waals surface area contributed by atoms with Gasteiger partial charge in [0.05, 0.1) is 0 Å². The zero-order valence-corrected chi connectivity index (χ0v) is 16.7. The first-order valence-electron chi connectivity index (χ1n) is 9.95. The zero-order valence-electron chi connectivity index (χ0n) is 16.7. The van der Waals surface area contributed by atoms with Crippen molar-refractivity contribution in [3.8, 4) is 0 Å². The van der Waals surface area contributed by atoms with Crippen molar-refractivity contribution < 1.29 is 4.79 Å². The van der Waals surface area contributed by atoms with Crippen LogP contribution < -0.4 is 10.9 Å². The van der Waals surface area contributed by atoms with Gasteiger partial charge in [0.2, 0.25) is 0 Å². The van der Waals surface area contributed by atoms with Crippen LogP contribution in [-0.4, -0.2) is 16.0 Å². The van der Waals surface area contributed by atoms with Gasteiger partial charge in [-0.15, -0.1) is 0 Å². The molecule has 1 aromatic carbocycles. The molecule has 1 aromatic heterocycles. The van der Waals surface area contributed by atoms with Crippen molar-refractivity contribution in [1.82, 2.24) is 9.88 Å². The quantitative estimate of drug-likeness (QED) is 0.895. The number of carbonyl (C=O) groups excluding carboxylic acids is 1. The summed E-state index contributed by atoms with van der Waals surface area (Å²) in [5.74, 6) is -0.276. The van der Waals surface area contributed by atoms with E-state index in [2.05, 4.69) is 17.4 Å². The standard InChI is InChI=1S/C23H30N2O2/c1-23(2,16-17-11-7-6-8-12-17)24-21(26)19-15-18-13-9-4-5-10-14-20(18)25(3)22(19)27/h6-8,11-12,15H,4-5,9-10,13-14,16H2,1-3H3,(H,24,26). The largest absolute Gasteiger partial charge is 0.347 e. The van der Waals surface area contributed by atoms with E-state index in [-0.39, 0.29) is 17.0 Å². The van der Waals surface area contributed by atoms with Gasteiger partial charge in [-0.25, -0.2) is 0 Å². The summed E-state index contributed by atoms with van der Waals surface area (Å²) in [6.07, 6.45) is 7.23. The third-order valence-corrected chi connectivity index (χ3v) is 5.42. The number of aryl methyl sites for hydroxylation is 1. The minimum absolute atomic E-state index is 0.192. The molecule has 27 heavy (non-hydrogen) atoms. The van der Waals surface area contributed by atoms with Gasteiger partial charge in [-0.3, -0.25) is 9.59 Å². The number of amides is 1. The molecule has 1 N–H and O–H groups in total. The van der Waals surface area contributed by atoms with Crippen LogP contribution >= 0.6 is 0 Å². The van der Waals surface area contributed by atoms with E-state index in [0.717, 1.165) is 42.5 Å². The van der Waals surface area contributed by atoms with Gasteiger partial charge >= 0.3 is 0 Å². The van der Waals surface area contributed by atoms with Crippen LogP contribution in [0.1, 0.15) is 66.7 Å². The number of rotatable bonds is 4. The minimum atomic E-state index is -0.437. The van der Waals surface area contributed by atoms with Crippen molar-refractivity contribution in [1.29, 1.82) is 0 Å². The lowest BCUT2D eigenvalue weighted by Gasteiger charge is -2.27. The molecular weight excluding hydrogens is 336 g/mol. The molecule has 2 aromatic rings. The van der Waals surface area contributed by atoms with Crippen molar-refractivity contribution >= 4 is 5.91 Å². The lowest BCUT2D eigenvalue weighted by atomic mass is 9.93. The molecule has 1 aliphatic carbocycles. The van der Waals surface area contributed by atoms with E-state index in [4.69, 9.17) is 0 Å². The molecule has 1 heterocycles. The highest BCUT2D eigenvalue weighted by atomic mass is 16.2. The summed E-state index contributed by atoms with van der Waals surface area (Å²) in [6, 6.07) is 11.9. The van der Waals surface area contributed by atoms with E-state index >= 15 is 0 Å². The Hall–Kier alpha value is -2.36. The molecule has 0 radical (unpaired) electrons. The molecule has 144 valence electrons. The van der Waals surface area contributed by atoms with Crippen LogP contribution in [0.4, 0.5) is 0 Å². The van der Waals surface area contributed by atoms with E-state index in [1.54, 1.807) is 11.6 Å². The zero-order chi connectivity index (χ0) is 19.4. The van der Waals surface area contributed by atoms with Gasteiger partial charge in [0.1, 0.15) is 5.56 Å². The van der Waals surface area contributed by atoms with Crippen molar-refractivity contribution in [2.75, 3.05) is 0 Å². The highest BCUT2D eigenvalue weighted by molar-refractivity contribution is 5.94. The Bertz CT molecular complexity index is 866. The second kappa shape index (κ2) is 8.12. The van der Waals surface area contributed by atoms with Crippen molar-refractivity contribution in [2.24, 2.45) is 7.05 Å². The first-order chi connectivity index (χ1) is 12.9. The minimum Gasteiger partial charge on any atom is -0.347 e. The van der Waals surface area contributed by atoms with Crippen LogP contribution in [0, 0.1) is 0 Å². The normalized spacial score (nSPS) is 14.8. The molecule has 3 rings (SSSR count). The number of aromatic nitrogens is 1. The fourth-order valence-electron chi connectivity index (χ4n) is 4.03. The van der Waals surface area contributed by atoms with E-state index < -0.39 is 5.54 Å². The highest BCUT2D eigenvalue weighted by Crippen LogP contribution is 2.20. The molecule has 0 bridgehead atoms. The van der Waals surface area contributed by atoms with Crippen LogP contribution in [0.2, 0.25) is 0 Å². The maximum atomic E-state index is 12.9. The summed E-state index contributed by atoms with van der Waals surface area (Å²) in [4.78, 5) is 25.8. The molecule has 0 fully saturated rings. The van der Waals surface area contributed by atoms with Crippen LogP contribution in [0.25, 0.3) is 0 Å². The second-order valence-electron chi connectivity index (χ2n) is 8.31. The van der Waals surface area contributed by atoms with Crippen LogP contribution in [0.5, 0.6) is 0 Å². The van der Waals surface area contributed by atoms with Crippen LogP contribution in [0.15, 0.2) is 41.2 Å². The summed E-state index contributed by atoms with van der Waals surface area (Å²) in [5, 5.41) is 3.07. The van der Waals surface area contributed by atoms with Gasteiger partial charge in [0.15, 0.2) is 0 Å². The van der Waals surface area contributed by atoms with Gasteiger partial charge in [-0.2, -0.15) is 0 Å². The summed E-state index contributed by atoms with van der Waals surface area (Å²) in [6.45, 7) is 3.99. The van der Waals surface area contributed by atoms with Gasteiger partial charge < -0.3 is 9.88 Å². The molecule has 0 spiro atoms. The van der Waals surface area contributed by atoms with E-state index in [9.17, 15) is 9.59 Å². The predicted octanol–water partition coefficient (Wildman–Crippen LogP) is 3.80. The molecule has 1 amide bonds. The predicted molar refractivity (Wildman–Crippen MR) is 109 cm³/mol. The number of hydrogen-bond donors (Lipinski definition) is 1. The Morgan fingerprint density at radius 3 is 2.44 bits per heavy atom. The van der Waals surface area contributed by atoms with E-state index in [1.807, 2.05) is 38.1 Å². The monoisotopic (exact) mass is 366 g/mol. The van der Waals surface area contributed by atoms with Gasteiger partial charge in [-0.1, -0.05) is 43.2 Å². The molecule has 0 saturated heterocycles. The van der Waals surface area contributed by atoms with Crippen LogP contribution in [-0.2, 0) is 26.3 Å². The fraction of sp³-hybridized carbons (Fsp3) is 0.478. The van der Waals surface area contributed by atoms with Gasteiger partial charge in [0.25, 0.3) is 11.5 Å². The Morgan fingerprint density at radius 1 is 1.07 bits per heavy atom. The maximum absolute atomic E-state index is 12.9. The summed E-state index contributed by atoms with van der Waals surface area (Å²) in [5.41, 5.74) is 3.05. The van der Waals surface area contributed by atoms with Crippen molar-refractivity contribution in [2.45, 2.75) is 64.3 Å². The van der Waals surface area contributed by atoms with Crippen molar-refractivity contribution in [3.05, 3.63) is 69.1 Å². The summed E-state index contributed by atoms with van der Waals surface area (Å²) < 4.78 is 1.69. The van der Waals surface area contributed by atoms with Gasteiger partial charge in [0, 0.05) is 18.3 Å². The number of carbonyl (C=O) groups is 1. The third kappa shape index (κ3) is 4.68. The number of nitrogens with zero attached hydrogens (tertiary/aromatic N) is 1. The average Bonchev–Trinajstić information content (AvgIpc) is 2.59. The number of pyridine rings is 1. The van der Waals surface area contributed by atoms with E-state index in [1.165, 1.54) is 12.8 Å². The lowest BCUT2D eigenvalue weighted by molar-refractivity contribution is 0.0910. The number of nitrogens with one attached hydrogen (secondary N) is 1. The summed E-state index contributed by atoms with van der Waals surface area (Å²) >= 11 is 0. The van der Waals surface area contributed by atoms with Crippen molar-refractivity contribution in [3.63, 3.8) is 0 Å². The smallest absolute Gasteiger partial charge is 0.263 e. The highest BCUT2D eigenvalue weighted by Gasteiger charge is 2.25. The lowest BCUT2D eigenvalue weighted by Crippen LogP contribution is -2.47. The Morgan fingerprint density at radius 2 is 1.74 bits per heavy atom. The Labute approximate surface area is 161 Å². The Kier molecular flexibility index (Phi) is 5.83. The molecule has 0 saturated carbocycles. The van der Waals surface area contributed by atoms with E-state index in [0.29, 0.717) is 6.42 Å². The summed E-state index contributed by atoms with van der Waals surface area (Å²) in [7, 11) is 1.80. The first-order valence-corrected chi connectivity index (χ1v) is 9.95. The first kappa shape index (κ1) is 19.4.